The zero-order valence-corrected chi connectivity index (χ0v) is 8.42. The first-order chi connectivity index (χ1) is 7.06. The first-order valence-corrected chi connectivity index (χ1v) is 4.42. The van der Waals surface area contributed by atoms with Gasteiger partial charge in [-0.25, -0.2) is 0 Å². The molecule has 0 aliphatic heterocycles. The number of hydrogen-bond donors (Lipinski definition) is 2. The van der Waals surface area contributed by atoms with E-state index < -0.39 is 7.12 Å². The molecule has 15 heavy (non-hydrogen) atoms. The fourth-order valence-electron chi connectivity index (χ4n) is 1.13. The predicted molar refractivity (Wildman–Crippen MR) is 59.9 cm³/mol. The highest BCUT2D eigenvalue weighted by atomic mass is 16.4. The second-order valence-corrected chi connectivity index (χ2v) is 3.07. The lowest BCUT2D eigenvalue weighted by Gasteiger charge is -2.15. The molecule has 0 saturated heterocycles. The molecule has 1 aromatic carbocycles. The fraction of sp³-hybridized carbons (Fsp3) is 0.100. The van der Waals surface area contributed by atoms with Gasteiger partial charge in [-0.3, -0.25) is 4.79 Å². The Labute approximate surface area is 88.6 Å². The van der Waals surface area contributed by atoms with Gasteiger partial charge in [0.1, 0.15) is 0 Å². The molecule has 1 amide bonds. The summed E-state index contributed by atoms with van der Waals surface area (Å²) >= 11 is 0. The minimum absolute atomic E-state index is 0.215. The number of anilines is 1. The van der Waals surface area contributed by atoms with Crippen molar-refractivity contribution in [3.05, 3.63) is 36.9 Å². The molecule has 5 heteroatoms. The molecule has 0 atom stereocenters. The van der Waals surface area contributed by atoms with Crippen molar-refractivity contribution in [3.8, 4) is 0 Å². The number of hydrogen-bond acceptors (Lipinski definition) is 3. The number of nitrogens with zero attached hydrogens (tertiary/aromatic N) is 1. The molecule has 0 unspecified atom stereocenters. The maximum absolute atomic E-state index is 11.2. The lowest BCUT2D eigenvalue weighted by atomic mass is 9.80. The zero-order chi connectivity index (χ0) is 11.4. The largest absolute Gasteiger partial charge is 0.488 e. The standard InChI is InChI=1S/C10H12BNO3/c1-3-10(13)12(2)9-6-4-8(5-7-9)11(14)15/h3-7,14-15H,1H2,2H3. The summed E-state index contributed by atoms with van der Waals surface area (Å²) in [6, 6.07) is 6.37. The van der Waals surface area contributed by atoms with Crippen molar-refractivity contribution < 1.29 is 14.8 Å². The van der Waals surface area contributed by atoms with Gasteiger partial charge in [-0.05, 0) is 23.7 Å². The van der Waals surface area contributed by atoms with E-state index in [1.165, 1.54) is 11.0 Å². The average molecular weight is 205 g/mol. The Morgan fingerprint density at radius 1 is 1.40 bits per heavy atom. The van der Waals surface area contributed by atoms with E-state index in [-0.39, 0.29) is 5.91 Å². The van der Waals surface area contributed by atoms with Gasteiger partial charge in [-0.1, -0.05) is 18.7 Å². The summed E-state index contributed by atoms with van der Waals surface area (Å²) in [7, 11) is 0.133. The van der Waals surface area contributed by atoms with Crippen LogP contribution in [0.15, 0.2) is 36.9 Å². The van der Waals surface area contributed by atoms with Crippen molar-refractivity contribution in [2.24, 2.45) is 0 Å². The average Bonchev–Trinajstić information content (AvgIpc) is 2.27. The summed E-state index contributed by atoms with van der Waals surface area (Å²) in [6.07, 6.45) is 1.22. The highest BCUT2D eigenvalue weighted by Crippen LogP contribution is 2.10. The lowest BCUT2D eigenvalue weighted by Crippen LogP contribution is -2.30. The summed E-state index contributed by atoms with van der Waals surface area (Å²) in [6.45, 7) is 3.38. The first kappa shape index (κ1) is 11.5. The minimum Gasteiger partial charge on any atom is -0.423 e. The summed E-state index contributed by atoms with van der Waals surface area (Å²) in [5.74, 6) is -0.215. The van der Waals surface area contributed by atoms with E-state index in [0.29, 0.717) is 11.2 Å². The van der Waals surface area contributed by atoms with Gasteiger partial charge in [0.05, 0.1) is 0 Å². The summed E-state index contributed by atoms with van der Waals surface area (Å²) < 4.78 is 0. The van der Waals surface area contributed by atoms with Crippen LogP contribution >= 0.6 is 0 Å². The molecule has 0 spiro atoms. The predicted octanol–water partition coefficient (Wildman–Crippen LogP) is -0.485. The Balaban J connectivity index is 2.88. The van der Waals surface area contributed by atoms with Crippen LogP contribution in [-0.2, 0) is 4.79 Å². The van der Waals surface area contributed by atoms with Crippen molar-refractivity contribution in [2.75, 3.05) is 11.9 Å². The number of likely N-dealkylation sites (N-methyl/N-ethyl adjacent to an activating group) is 1. The van der Waals surface area contributed by atoms with Crippen LogP contribution < -0.4 is 10.4 Å². The van der Waals surface area contributed by atoms with Crippen LogP contribution in [0.4, 0.5) is 5.69 Å². The SMILES string of the molecule is C=CC(=O)N(C)c1ccc(B(O)O)cc1. The van der Waals surface area contributed by atoms with Crippen LogP contribution in [0.25, 0.3) is 0 Å². The molecule has 1 aromatic rings. The summed E-state index contributed by atoms with van der Waals surface area (Å²) in [5, 5.41) is 17.7. The van der Waals surface area contributed by atoms with Gasteiger partial charge in [-0.15, -0.1) is 0 Å². The van der Waals surface area contributed by atoms with Crippen LogP contribution in [0.2, 0.25) is 0 Å². The number of amides is 1. The molecule has 1 rings (SSSR count). The van der Waals surface area contributed by atoms with E-state index >= 15 is 0 Å². The first-order valence-electron chi connectivity index (χ1n) is 4.42. The third-order valence-electron chi connectivity index (χ3n) is 2.08. The Kier molecular flexibility index (Phi) is 3.65. The van der Waals surface area contributed by atoms with Crippen molar-refractivity contribution in [3.63, 3.8) is 0 Å². The van der Waals surface area contributed by atoms with Gasteiger partial charge in [0.25, 0.3) is 0 Å². The molecule has 0 radical (unpaired) electrons. The van der Waals surface area contributed by atoms with Crippen LogP contribution in [0.3, 0.4) is 0 Å². The van der Waals surface area contributed by atoms with Gasteiger partial charge in [0.2, 0.25) is 5.91 Å². The van der Waals surface area contributed by atoms with Crippen molar-refractivity contribution in [2.45, 2.75) is 0 Å². The second-order valence-electron chi connectivity index (χ2n) is 3.07. The van der Waals surface area contributed by atoms with Crippen LogP contribution in [0.1, 0.15) is 0 Å². The molecular weight excluding hydrogens is 193 g/mol. The smallest absolute Gasteiger partial charge is 0.423 e. The third-order valence-corrected chi connectivity index (χ3v) is 2.08. The number of carbonyl (C=O) groups is 1. The second kappa shape index (κ2) is 4.77. The van der Waals surface area contributed by atoms with E-state index in [9.17, 15) is 4.79 Å². The molecule has 0 heterocycles. The maximum Gasteiger partial charge on any atom is 0.488 e. The molecule has 78 valence electrons. The van der Waals surface area contributed by atoms with Gasteiger partial charge in [0.15, 0.2) is 0 Å². The summed E-state index contributed by atoms with van der Waals surface area (Å²) in [5.41, 5.74) is 1.06. The van der Waals surface area contributed by atoms with Crippen LogP contribution in [0, 0.1) is 0 Å². The fourth-order valence-corrected chi connectivity index (χ4v) is 1.13. The minimum atomic E-state index is -1.49. The molecule has 2 N–H and O–H groups in total. The monoisotopic (exact) mass is 205 g/mol. The quantitative estimate of drug-likeness (QED) is 0.517. The molecule has 0 aliphatic rings. The van der Waals surface area contributed by atoms with Gasteiger partial charge in [0, 0.05) is 12.7 Å². The maximum atomic E-state index is 11.2. The summed E-state index contributed by atoms with van der Waals surface area (Å²) in [4.78, 5) is 12.7. The Bertz CT molecular complexity index is 361. The molecule has 4 nitrogen and oxygen atoms in total. The molecule has 0 fully saturated rings. The van der Waals surface area contributed by atoms with Crippen molar-refractivity contribution in [1.29, 1.82) is 0 Å². The van der Waals surface area contributed by atoms with E-state index in [0.717, 1.165) is 0 Å². The highest BCUT2D eigenvalue weighted by Gasteiger charge is 2.12. The molecular formula is C10H12BNO3. The highest BCUT2D eigenvalue weighted by molar-refractivity contribution is 6.58. The molecule has 0 aromatic heterocycles. The number of rotatable bonds is 3. The normalized spacial score (nSPS) is 9.53. The van der Waals surface area contributed by atoms with E-state index in [2.05, 4.69) is 6.58 Å². The van der Waals surface area contributed by atoms with Gasteiger partial charge < -0.3 is 14.9 Å². The number of benzene rings is 1. The van der Waals surface area contributed by atoms with Crippen molar-refractivity contribution >= 4 is 24.2 Å². The molecule has 0 bridgehead atoms. The van der Waals surface area contributed by atoms with E-state index in [4.69, 9.17) is 10.0 Å². The van der Waals surface area contributed by atoms with Crippen LogP contribution in [0.5, 0.6) is 0 Å². The van der Waals surface area contributed by atoms with E-state index in [1.807, 2.05) is 0 Å². The molecule has 0 saturated carbocycles. The Hall–Kier alpha value is -1.59. The third kappa shape index (κ3) is 2.68. The van der Waals surface area contributed by atoms with Gasteiger partial charge >= 0.3 is 7.12 Å². The number of carbonyl (C=O) groups excluding carboxylic acids is 1. The molecule has 0 aliphatic carbocycles. The Morgan fingerprint density at radius 2 is 1.93 bits per heavy atom. The van der Waals surface area contributed by atoms with Gasteiger partial charge in [-0.2, -0.15) is 0 Å². The van der Waals surface area contributed by atoms with Crippen molar-refractivity contribution in [1.82, 2.24) is 0 Å². The topological polar surface area (TPSA) is 60.8 Å². The zero-order valence-electron chi connectivity index (χ0n) is 8.42. The van der Waals surface area contributed by atoms with Crippen LogP contribution in [-0.4, -0.2) is 30.1 Å². The lowest BCUT2D eigenvalue weighted by molar-refractivity contribution is -0.113. The van der Waals surface area contributed by atoms with E-state index in [1.54, 1.807) is 31.3 Å². The Morgan fingerprint density at radius 3 is 2.33 bits per heavy atom.